The van der Waals surface area contributed by atoms with E-state index in [9.17, 15) is 4.79 Å². The summed E-state index contributed by atoms with van der Waals surface area (Å²) in [6, 6.07) is 0. The highest BCUT2D eigenvalue weighted by Crippen LogP contribution is 2.39. The van der Waals surface area contributed by atoms with Crippen LogP contribution in [0.4, 0.5) is 0 Å². The fraction of sp³-hybridized carbons (Fsp3) is 0.750. The molecule has 1 atom stereocenters. The van der Waals surface area contributed by atoms with E-state index in [-0.39, 0.29) is 0 Å². The molecule has 0 radical (unpaired) electrons. The molecule has 0 N–H and O–H groups in total. The zero-order valence-corrected chi connectivity index (χ0v) is 8.81. The van der Waals surface area contributed by atoms with Gasteiger partial charge in [0.2, 0.25) is 0 Å². The summed E-state index contributed by atoms with van der Waals surface area (Å²) in [4.78, 5) is 11.6. The van der Waals surface area contributed by atoms with Crippen molar-refractivity contribution in [2.75, 3.05) is 0 Å². The van der Waals surface area contributed by atoms with Crippen LogP contribution in [-0.2, 0) is 4.79 Å². The Labute approximate surface area is 81.2 Å². The third kappa shape index (κ3) is 2.98. The lowest BCUT2D eigenvalue weighted by Crippen LogP contribution is -2.27. The number of rotatable bonds is 3. The van der Waals surface area contributed by atoms with Gasteiger partial charge in [-0.2, -0.15) is 0 Å². The van der Waals surface area contributed by atoms with Gasteiger partial charge in [-0.1, -0.05) is 26.3 Å². The molecule has 0 spiro atoms. The Hall–Kier alpha value is -0.590. The fourth-order valence-electron chi connectivity index (χ4n) is 2.28. The first-order chi connectivity index (χ1) is 6.05. The van der Waals surface area contributed by atoms with Crippen LogP contribution in [0.3, 0.4) is 0 Å². The normalized spacial score (nSPS) is 26.8. The molecular formula is C12H20O. The Morgan fingerprint density at radius 3 is 2.85 bits per heavy atom. The van der Waals surface area contributed by atoms with Crippen LogP contribution >= 0.6 is 0 Å². The van der Waals surface area contributed by atoms with Gasteiger partial charge in [-0.15, -0.1) is 6.58 Å². The molecule has 1 fully saturated rings. The summed E-state index contributed by atoms with van der Waals surface area (Å²) in [5.74, 6) is 0.699. The molecule has 0 saturated heterocycles. The standard InChI is InChI=1S/C12H20O/c1-4-6-11(13)10-7-5-8-12(2,3)9-10/h4,10H,1,5-9H2,2-3H3. The van der Waals surface area contributed by atoms with Crippen molar-refractivity contribution in [2.24, 2.45) is 11.3 Å². The molecule has 0 aromatic rings. The predicted molar refractivity (Wildman–Crippen MR) is 55.6 cm³/mol. The van der Waals surface area contributed by atoms with Gasteiger partial charge in [-0.3, -0.25) is 4.79 Å². The zero-order valence-electron chi connectivity index (χ0n) is 8.81. The van der Waals surface area contributed by atoms with Crippen LogP contribution in [0.5, 0.6) is 0 Å². The highest BCUT2D eigenvalue weighted by molar-refractivity contribution is 5.82. The number of carbonyl (C=O) groups excluding carboxylic acids is 1. The Bertz CT molecular complexity index is 203. The summed E-state index contributed by atoms with van der Waals surface area (Å²) in [7, 11) is 0. The monoisotopic (exact) mass is 180 g/mol. The van der Waals surface area contributed by atoms with Crippen molar-refractivity contribution in [3.8, 4) is 0 Å². The minimum Gasteiger partial charge on any atom is -0.299 e. The Morgan fingerprint density at radius 1 is 1.62 bits per heavy atom. The molecule has 74 valence electrons. The Balaban J connectivity index is 2.51. The Morgan fingerprint density at radius 2 is 2.31 bits per heavy atom. The van der Waals surface area contributed by atoms with Crippen LogP contribution in [0.2, 0.25) is 0 Å². The van der Waals surface area contributed by atoms with E-state index in [4.69, 9.17) is 0 Å². The number of allylic oxidation sites excluding steroid dienone is 1. The maximum atomic E-state index is 11.6. The van der Waals surface area contributed by atoms with Gasteiger partial charge in [0.25, 0.3) is 0 Å². The first-order valence-corrected chi connectivity index (χ1v) is 5.19. The van der Waals surface area contributed by atoms with Crippen molar-refractivity contribution in [1.29, 1.82) is 0 Å². The summed E-state index contributed by atoms with van der Waals surface area (Å²) >= 11 is 0. The van der Waals surface area contributed by atoms with Crippen molar-refractivity contribution in [3.63, 3.8) is 0 Å². The van der Waals surface area contributed by atoms with Gasteiger partial charge in [0.05, 0.1) is 0 Å². The molecular weight excluding hydrogens is 160 g/mol. The van der Waals surface area contributed by atoms with E-state index in [2.05, 4.69) is 20.4 Å². The molecule has 1 saturated carbocycles. The van der Waals surface area contributed by atoms with Crippen LogP contribution in [0.1, 0.15) is 46.0 Å². The van der Waals surface area contributed by atoms with Crippen LogP contribution in [0.25, 0.3) is 0 Å². The van der Waals surface area contributed by atoms with E-state index in [1.807, 2.05) is 0 Å². The summed E-state index contributed by atoms with van der Waals surface area (Å²) in [5.41, 5.74) is 0.375. The second-order valence-electron chi connectivity index (χ2n) is 4.92. The van der Waals surface area contributed by atoms with Gasteiger partial charge >= 0.3 is 0 Å². The molecule has 1 rings (SSSR count). The van der Waals surface area contributed by atoms with Crippen LogP contribution < -0.4 is 0 Å². The second-order valence-corrected chi connectivity index (χ2v) is 4.92. The lowest BCUT2D eigenvalue weighted by Gasteiger charge is -2.34. The van der Waals surface area contributed by atoms with E-state index < -0.39 is 0 Å². The molecule has 0 aromatic carbocycles. The zero-order chi connectivity index (χ0) is 9.90. The number of ketones is 1. The van der Waals surface area contributed by atoms with E-state index >= 15 is 0 Å². The van der Waals surface area contributed by atoms with E-state index in [1.54, 1.807) is 6.08 Å². The molecule has 1 aliphatic rings. The molecule has 0 heterocycles. The largest absolute Gasteiger partial charge is 0.299 e. The van der Waals surface area contributed by atoms with E-state index in [0.29, 0.717) is 23.5 Å². The minimum absolute atomic E-state index is 0.307. The topological polar surface area (TPSA) is 17.1 Å². The Kier molecular flexibility index (Phi) is 3.29. The average molecular weight is 180 g/mol. The number of hydrogen-bond donors (Lipinski definition) is 0. The van der Waals surface area contributed by atoms with Crippen molar-refractivity contribution < 1.29 is 4.79 Å². The minimum atomic E-state index is 0.307. The number of Topliss-reactive ketones (excluding diaryl/α,β-unsaturated/α-hetero) is 1. The van der Waals surface area contributed by atoms with Gasteiger partial charge in [0.1, 0.15) is 5.78 Å². The van der Waals surface area contributed by atoms with E-state index in [0.717, 1.165) is 12.8 Å². The highest BCUT2D eigenvalue weighted by atomic mass is 16.1. The fourth-order valence-corrected chi connectivity index (χ4v) is 2.28. The molecule has 1 aliphatic carbocycles. The third-order valence-corrected chi connectivity index (χ3v) is 3.01. The lowest BCUT2D eigenvalue weighted by atomic mass is 9.70. The van der Waals surface area contributed by atoms with Crippen molar-refractivity contribution in [3.05, 3.63) is 12.7 Å². The first kappa shape index (κ1) is 10.5. The van der Waals surface area contributed by atoms with Crippen LogP contribution in [0, 0.1) is 11.3 Å². The summed E-state index contributed by atoms with van der Waals surface area (Å²) in [6.07, 6.45) is 6.92. The molecule has 0 bridgehead atoms. The van der Waals surface area contributed by atoms with Crippen molar-refractivity contribution in [1.82, 2.24) is 0 Å². The maximum absolute atomic E-state index is 11.6. The summed E-state index contributed by atoms with van der Waals surface area (Å²) in [6.45, 7) is 8.14. The molecule has 0 aliphatic heterocycles. The number of hydrogen-bond acceptors (Lipinski definition) is 1. The van der Waals surface area contributed by atoms with Gasteiger partial charge in [0, 0.05) is 12.3 Å². The van der Waals surface area contributed by atoms with Gasteiger partial charge in [0.15, 0.2) is 0 Å². The second kappa shape index (κ2) is 4.08. The third-order valence-electron chi connectivity index (χ3n) is 3.01. The molecule has 1 heteroatoms. The van der Waals surface area contributed by atoms with Gasteiger partial charge < -0.3 is 0 Å². The van der Waals surface area contributed by atoms with Crippen LogP contribution in [0.15, 0.2) is 12.7 Å². The summed E-state index contributed by atoms with van der Waals surface area (Å²) in [5, 5.41) is 0. The maximum Gasteiger partial charge on any atom is 0.139 e. The number of carbonyl (C=O) groups is 1. The van der Waals surface area contributed by atoms with Crippen LogP contribution in [-0.4, -0.2) is 5.78 Å². The molecule has 1 nitrogen and oxygen atoms in total. The predicted octanol–water partition coefficient (Wildman–Crippen LogP) is 3.35. The highest BCUT2D eigenvalue weighted by Gasteiger charge is 2.30. The van der Waals surface area contributed by atoms with Gasteiger partial charge in [-0.25, -0.2) is 0 Å². The average Bonchev–Trinajstić information content (AvgIpc) is 2.03. The first-order valence-electron chi connectivity index (χ1n) is 5.19. The molecule has 0 amide bonds. The van der Waals surface area contributed by atoms with Crippen molar-refractivity contribution >= 4 is 5.78 Å². The summed E-state index contributed by atoms with van der Waals surface area (Å²) < 4.78 is 0. The molecule has 13 heavy (non-hydrogen) atoms. The molecule has 1 unspecified atom stereocenters. The van der Waals surface area contributed by atoms with E-state index in [1.165, 1.54) is 12.8 Å². The SMILES string of the molecule is C=CCC(=O)C1CCCC(C)(C)C1. The molecule has 0 aromatic heterocycles. The lowest BCUT2D eigenvalue weighted by molar-refractivity contribution is -0.124. The van der Waals surface area contributed by atoms with Gasteiger partial charge in [-0.05, 0) is 24.7 Å². The van der Waals surface area contributed by atoms with Crippen molar-refractivity contribution in [2.45, 2.75) is 46.0 Å². The quantitative estimate of drug-likeness (QED) is 0.609. The smallest absolute Gasteiger partial charge is 0.139 e.